The third-order valence-electron chi connectivity index (χ3n) is 6.85. The van der Waals surface area contributed by atoms with Gasteiger partial charge in [-0.25, -0.2) is 4.39 Å². The zero-order chi connectivity index (χ0) is 25.8. The largest absolute Gasteiger partial charge is 0.379 e. The minimum atomic E-state index is -0.709. The number of Topliss-reactive ketones (excluding diaryl/α,β-unsaturated/α-hetero) is 1. The third kappa shape index (κ3) is 5.61. The molecule has 2 aliphatic rings. The molecule has 5 rings (SSSR count). The summed E-state index contributed by atoms with van der Waals surface area (Å²) in [7, 11) is 0. The van der Waals surface area contributed by atoms with Crippen molar-refractivity contribution in [2.24, 2.45) is 4.99 Å². The SMILES string of the molecule is O=C(C(=O)N1CCN(/C(=N/CCN2CCOCC2)c2ccccc2)CC1)c1c[nH]c2c(Br)ccc(F)c12. The average Bonchev–Trinajstić information content (AvgIpc) is 3.40. The van der Waals surface area contributed by atoms with E-state index in [2.05, 4.69) is 30.7 Å². The quantitative estimate of drug-likeness (QED) is 0.213. The predicted octanol–water partition coefficient (Wildman–Crippen LogP) is 3.18. The van der Waals surface area contributed by atoms with Gasteiger partial charge in [-0.3, -0.25) is 19.5 Å². The first-order valence-corrected chi connectivity index (χ1v) is 13.3. The standard InChI is InChI=1S/C27H29BrFN5O3/c28-21-6-7-22(29)23-20(18-31-24(21)23)25(35)27(36)34-12-10-33(11-13-34)26(19-4-2-1-3-5-19)30-8-9-32-14-16-37-17-15-32/h1-7,18,31H,8-17H2/b30-26+. The van der Waals surface area contributed by atoms with Crippen molar-refractivity contribution >= 4 is 44.4 Å². The van der Waals surface area contributed by atoms with Crippen LogP contribution in [0.2, 0.25) is 0 Å². The minimum absolute atomic E-state index is 0.0517. The van der Waals surface area contributed by atoms with Gasteiger partial charge in [0.05, 0.1) is 30.8 Å². The zero-order valence-electron chi connectivity index (χ0n) is 20.5. The molecule has 0 saturated carbocycles. The molecule has 0 unspecified atom stereocenters. The fourth-order valence-electron chi connectivity index (χ4n) is 4.82. The van der Waals surface area contributed by atoms with Crippen molar-refractivity contribution in [1.82, 2.24) is 19.7 Å². The number of nitrogens with one attached hydrogen (secondary N) is 1. The van der Waals surface area contributed by atoms with Crippen LogP contribution in [0.1, 0.15) is 15.9 Å². The Morgan fingerprint density at radius 1 is 0.973 bits per heavy atom. The van der Waals surface area contributed by atoms with Gasteiger partial charge in [-0.1, -0.05) is 30.3 Å². The number of aromatic amines is 1. The number of benzene rings is 2. The molecule has 2 saturated heterocycles. The van der Waals surface area contributed by atoms with Crippen molar-refractivity contribution in [3.63, 3.8) is 0 Å². The number of carbonyl (C=O) groups is 2. The van der Waals surface area contributed by atoms with E-state index < -0.39 is 17.5 Å². The first kappa shape index (κ1) is 25.6. The van der Waals surface area contributed by atoms with E-state index in [-0.39, 0.29) is 10.9 Å². The van der Waals surface area contributed by atoms with E-state index in [0.29, 0.717) is 42.7 Å². The van der Waals surface area contributed by atoms with Crippen LogP contribution in [0.25, 0.3) is 10.9 Å². The van der Waals surface area contributed by atoms with Crippen molar-refractivity contribution in [2.45, 2.75) is 0 Å². The van der Waals surface area contributed by atoms with Crippen LogP contribution in [0.4, 0.5) is 4.39 Å². The number of ketones is 1. The van der Waals surface area contributed by atoms with E-state index in [4.69, 9.17) is 9.73 Å². The van der Waals surface area contributed by atoms with Gasteiger partial charge < -0.3 is 19.5 Å². The van der Waals surface area contributed by atoms with Gasteiger partial charge in [0.15, 0.2) is 0 Å². The van der Waals surface area contributed by atoms with E-state index in [9.17, 15) is 14.0 Å². The summed E-state index contributed by atoms with van der Waals surface area (Å²) < 4.78 is 20.6. The lowest BCUT2D eigenvalue weighted by molar-refractivity contribution is -0.127. The van der Waals surface area contributed by atoms with Crippen LogP contribution in [-0.2, 0) is 9.53 Å². The van der Waals surface area contributed by atoms with Crippen molar-refractivity contribution in [3.8, 4) is 0 Å². The summed E-state index contributed by atoms with van der Waals surface area (Å²) in [6.45, 7) is 6.76. The van der Waals surface area contributed by atoms with Crippen LogP contribution in [0.15, 0.2) is 58.1 Å². The molecule has 37 heavy (non-hydrogen) atoms. The number of hydrogen-bond donors (Lipinski definition) is 1. The molecule has 0 spiro atoms. The second-order valence-corrected chi connectivity index (χ2v) is 9.97. The van der Waals surface area contributed by atoms with Crippen LogP contribution in [0, 0.1) is 5.82 Å². The summed E-state index contributed by atoms with van der Waals surface area (Å²) in [5, 5.41) is 0.130. The number of carbonyl (C=O) groups excluding carboxylic acids is 2. The van der Waals surface area contributed by atoms with Gasteiger partial charge >= 0.3 is 0 Å². The molecule has 2 aromatic carbocycles. The smallest absolute Gasteiger partial charge is 0.295 e. The summed E-state index contributed by atoms with van der Waals surface area (Å²) in [4.78, 5) is 40.1. The second kappa shape index (κ2) is 11.5. The number of rotatable bonds is 6. The molecule has 1 N–H and O–H groups in total. The molecule has 0 aliphatic carbocycles. The maximum absolute atomic E-state index is 14.5. The Hall–Kier alpha value is -3.08. The lowest BCUT2D eigenvalue weighted by Gasteiger charge is -2.36. The Morgan fingerprint density at radius 3 is 2.41 bits per heavy atom. The molecule has 3 heterocycles. The maximum atomic E-state index is 14.5. The molecule has 10 heteroatoms. The first-order valence-electron chi connectivity index (χ1n) is 12.5. The number of amidine groups is 1. The van der Waals surface area contributed by atoms with Crippen LogP contribution >= 0.6 is 15.9 Å². The minimum Gasteiger partial charge on any atom is -0.379 e. The van der Waals surface area contributed by atoms with Crippen molar-refractivity contribution in [3.05, 3.63) is 70.1 Å². The highest BCUT2D eigenvalue weighted by atomic mass is 79.9. The molecule has 8 nitrogen and oxygen atoms in total. The Balaban J connectivity index is 1.26. The van der Waals surface area contributed by atoms with Gasteiger partial charge in [0.25, 0.3) is 11.7 Å². The molecule has 2 aliphatic heterocycles. The monoisotopic (exact) mass is 569 g/mol. The number of hydrogen-bond acceptors (Lipinski definition) is 5. The highest BCUT2D eigenvalue weighted by Gasteiger charge is 2.30. The number of fused-ring (bicyclic) bond motifs is 1. The lowest BCUT2D eigenvalue weighted by Crippen LogP contribution is -2.52. The Labute approximate surface area is 223 Å². The molecule has 194 valence electrons. The van der Waals surface area contributed by atoms with Crippen LogP contribution in [0.3, 0.4) is 0 Å². The van der Waals surface area contributed by atoms with Gasteiger partial charge in [0.1, 0.15) is 11.7 Å². The topological polar surface area (TPSA) is 81.2 Å². The number of piperazine rings is 1. The average molecular weight is 570 g/mol. The van der Waals surface area contributed by atoms with Gasteiger partial charge in [-0.05, 0) is 28.1 Å². The summed E-state index contributed by atoms with van der Waals surface area (Å²) in [6, 6.07) is 12.9. The van der Waals surface area contributed by atoms with Gasteiger partial charge in [-0.2, -0.15) is 0 Å². The molecule has 2 fully saturated rings. The van der Waals surface area contributed by atoms with E-state index in [1.165, 1.54) is 12.3 Å². The number of aromatic nitrogens is 1. The van der Waals surface area contributed by atoms with E-state index in [0.717, 1.165) is 44.2 Å². The Morgan fingerprint density at radius 2 is 1.68 bits per heavy atom. The van der Waals surface area contributed by atoms with Crippen molar-refractivity contribution in [2.75, 3.05) is 65.6 Å². The van der Waals surface area contributed by atoms with E-state index >= 15 is 0 Å². The number of H-pyrrole nitrogens is 1. The zero-order valence-corrected chi connectivity index (χ0v) is 22.0. The highest BCUT2D eigenvalue weighted by Crippen LogP contribution is 2.29. The van der Waals surface area contributed by atoms with E-state index in [1.807, 2.05) is 30.3 Å². The third-order valence-corrected chi connectivity index (χ3v) is 7.51. The van der Waals surface area contributed by atoms with Crippen LogP contribution in [-0.4, -0.2) is 103 Å². The normalized spacial score (nSPS) is 17.4. The number of morpholine rings is 1. The van der Waals surface area contributed by atoms with Crippen molar-refractivity contribution in [1.29, 1.82) is 0 Å². The Bertz CT molecular complexity index is 1300. The molecule has 0 atom stereocenters. The summed E-state index contributed by atoms with van der Waals surface area (Å²) in [5.74, 6) is -0.971. The molecule has 0 bridgehead atoms. The molecule has 0 radical (unpaired) electrons. The Kier molecular flexibility index (Phi) is 7.97. The van der Waals surface area contributed by atoms with Gasteiger partial charge in [0.2, 0.25) is 0 Å². The lowest BCUT2D eigenvalue weighted by atomic mass is 10.1. The predicted molar refractivity (Wildman–Crippen MR) is 144 cm³/mol. The fraction of sp³-hybridized carbons (Fsp3) is 0.370. The maximum Gasteiger partial charge on any atom is 0.295 e. The van der Waals surface area contributed by atoms with Gasteiger partial charge in [0, 0.05) is 67.4 Å². The number of amides is 1. The number of ether oxygens (including phenoxy) is 1. The van der Waals surface area contributed by atoms with Crippen LogP contribution < -0.4 is 0 Å². The summed E-state index contributed by atoms with van der Waals surface area (Å²) in [5.41, 5.74) is 1.54. The molecule has 1 aromatic heterocycles. The highest BCUT2D eigenvalue weighted by molar-refractivity contribution is 9.10. The number of aliphatic imine (C=N–C) groups is 1. The summed E-state index contributed by atoms with van der Waals surface area (Å²) in [6.07, 6.45) is 1.41. The van der Waals surface area contributed by atoms with Gasteiger partial charge in [-0.15, -0.1) is 0 Å². The fourth-order valence-corrected chi connectivity index (χ4v) is 5.26. The molecular weight excluding hydrogens is 541 g/mol. The first-order chi connectivity index (χ1) is 18.0. The summed E-state index contributed by atoms with van der Waals surface area (Å²) >= 11 is 3.36. The number of nitrogens with zero attached hydrogens (tertiary/aromatic N) is 4. The molecule has 1 amide bonds. The second-order valence-electron chi connectivity index (χ2n) is 9.12. The molecular formula is C27H29BrFN5O3. The molecule has 3 aromatic rings. The van der Waals surface area contributed by atoms with E-state index in [1.54, 1.807) is 11.0 Å². The number of halogens is 2. The van der Waals surface area contributed by atoms with Crippen LogP contribution in [0.5, 0.6) is 0 Å². The van der Waals surface area contributed by atoms with Crippen molar-refractivity contribution < 1.29 is 18.7 Å².